The van der Waals surface area contributed by atoms with Crippen molar-refractivity contribution in [1.29, 1.82) is 0 Å². The molecule has 1 heterocycles. The van der Waals surface area contributed by atoms with Gasteiger partial charge in [0.25, 0.3) is 11.6 Å². The minimum absolute atomic E-state index is 0.0337. The first-order valence-electron chi connectivity index (χ1n) is 7.59. The molecule has 8 heteroatoms. The zero-order valence-corrected chi connectivity index (χ0v) is 12.6. The van der Waals surface area contributed by atoms with Gasteiger partial charge in [-0.2, -0.15) is 0 Å². The molecule has 1 saturated carbocycles. The van der Waals surface area contributed by atoms with Gasteiger partial charge in [-0.05, 0) is 25.0 Å². The van der Waals surface area contributed by atoms with Crippen molar-refractivity contribution in [2.24, 2.45) is 5.92 Å². The topological polar surface area (TPSA) is 110 Å². The molecule has 122 valence electrons. The molecule has 1 aliphatic heterocycles. The lowest BCUT2D eigenvalue weighted by Crippen LogP contribution is -2.51. The van der Waals surface area contributed by atoms with Crippen LogP contribution in [0.3, 0.4) is 0 Å². The molecule has 0 unspecified atom stereocenters. The summed E-state index contributed by atoms with van der Waals surface area (Å²) < 4.78 is 0. The maximum Gasteiger partial charge on any atom is 0.292 e. The molecule has 2 N–H and O–H groups in total. The van der Waals surface area contributed by atoms with Gasteiger partial charge in [0.1, 0.15) is 5.69 Å². The number of hydrogen-bond donors (Lipinski definition) is 1. The van der Waals surface area contributed by atoms with Gasteiger partial charge in [-0.3, -0.25) is 19.7 Å². The van der Waals surface area contributed by atoms with Crippen molar-refractivity contribution in [1.82, 2.24) is 9.80 Å². The fourth-order valence-electron chi connectivity index (χ4n) is 2.74. The Labute approximate surface area is 133 Å². The number of rotatable bonds is 3. The van der Waals surface area contributed by atoms with E-state index >= 15 is 0 Å². The largest absolute Gasteiger partial charge is 0.393 e. The molecular formula is C15H18N4O4. The maximum atomic E-state index is 12.5. The first kappa shape index (κ1) is 15.3. The zero-order chi connectivity index (χ0) is 16.6. The van der Waals surface area contributed by atoms with Crippen molar-refractivity contribution in [3.8, 4) is 0 Å². The Morgan fingerprint density at radius 2 is 1.74 bits per heavy atom. The number of amides is 2. The Kier molecular flexibility index (Phi) is 3.89. The number of benzene rings is 1. The van der Waals surface area contributed by atoms with Crippen LogP contribution in [0, 0.1) is 16.0 Å². The van der Waals surface area contributed by atoms with Crippen molar-refractivity contribution in [3.63, 3.8) is 0 Å². The van der Waals surface area contributed by atoms with Gasteiger partial charge in [0.15, 0.2) is 0 Å². The maximum absolute atomic E-state index is 12.5. The third-order valence-corrected chi connectivity index (χ3v) is 4.28. The Bertz CT molecular complexity index is 663. The number of nitrogens with two attached hydrogens (primary N) is 1. The van der Waals surface area contributed by atoms with Gasteiger partial charge in [0.05, 0.1) is 4.92 Å². The van der Waals surface area contributed by atoms with Crippen LogP contribution in [0.1, 0.15) is 23.2 Å². The van der Waals surface area contributed by atoms with E-state index < -0.39 is 4.92 Å². The molecule has 1 aromatic carbocycles. The Morgan fingerprint density at radius 3 is 2.30 bits per heavy atom. The molecule has 3 rings (SSSR count). The molecular weight excluding hydrogens is 300 g/mol. The number of nitrogens with zero attached hydrogens (tertiary/aromatic N) is 3. The first-order chi connectivity index (χ1) is 11.0. The molecule has 2 fully saturated rings. The van der Waals surface area contributed by atoms with E-state index in [-0.39, 0.29) is 34.7 Å². The lowest BCUT2D eigenvalue weighted by Gasteiger charge is -2.35. The highest BCUT2D eigenvalue weighted by atomic mass is 16.6. The predicted octanol–water partition coefficient (Wildman–Crippen LogP) is 0.871. The Morgan fingerprint density at radius 1 is 1.13 bits per heavy atom. The number of carbonyl (C=O) groups is 2. The minimum atomic E-state index is -0.599. The highest BCUT2D eigenvalue weighted by molar-refractivity contribution is 5.96. The second-order valence-electron chi connectivity index (χ2n) is 5.92. The second-order valence-corrected chi connectivity index (χ2v) is 5.92. The van der Waals surface area contributed by atoms with E-state index in [4.69, 9.17) is 5.73 Å². The monoisotopic (exact) mass is 318 g/mol. The molecule has 0 radical (unpaired) electrons. The Balaban J connectivity index is 1.66. The lowest BCUT2D eigenvalue weighted by atomic mass is 10.1. The molecule has 1 saturated heterocycles. The third-order valence-electron chi connectivity index (χ3n) is 4.28. The van der Waals surface area contributed by atoms with Gasteiger partial charge in [0, 0.05) is 43.7 Å². The number of nitro benzene ring substituents is 1. The minimum Gasteiger partial charge on any atom is -0.393 e. The van der Waals surface area contributed by atoms with E-state index in [1.54, 1.807) is 9.80 Å². The van der Waals surface area contributed by atoms with E-state index in [1.165, 1.54) is 18.2 Å². The predicted molar refractivity (Wildman–Crippen MR) is 82.7 cm³/mol. The van der Waals surface area contributed by atoms with Crippen molar-refractivity contribution in [2.75, 3.05) is 31.9 Å². The molecule has 23 heavy (non-hydrogen) atoms. The average molecular weight is 318 g/mol. The van der Waals surface area contributed by atoms with Gasteiger partial charge in [-0.15, -0.1) is 0 Å². The highest BCUT2D eigenvalue weighted by Gasteiger charge is 2.35. The number of nitrogen functional groups attached to an aromatic ring is 1. The summed E-state index contributed by atoms with van der Waals surface area (Å²) in [5, 5.41) is 10.9. The normalized spacial score (nSPS) is 17.9. The number of carbonyl (C=O) groups excluding carboxylic acids is 2. The van der Waals surface area contributed by atoms with Crippen molar-refractivity contribution >= 4 is 23.2 Å². The molecule has 0 spiro atoms. The van der Waals surface area contributed by atoms with Gasteiger partial charge in [-0.25, -0.2) is 0 Å². The van der Waals surface area contributed by atoms with E-state index in [1.807, 2.05) is 0 Å². The summed E-state index contributed by atoms with van der Waals surface area (Å²) >= 11 is 0. The van der Waals surface area contributed by atoms with Crippen LogP contribution in [0.4, 0.5) is 11.4 Å². The van der Waals surface area contributed by atoms with Gasteiger partial charge < -0.3 is 15.5 Å². The zero-order valence-electron chi connectivity index (χ0n) is 12.6. The number of piperazine rings is 1. The average Bonchev–Trinajstić information content (AvgIpc) is 3.39. The summed E-state index contributed by atoms with van der Waals surface area (Å²) in [6.07, 6.45) is 1.93. The fraction of sp³-hybridized carbons (Fsp3) is 0.467. The quantitative estimate of drug-likeness (QED) is 0.505. The molecule has 0 atom stereocenters. The third kappa shape index (κ3) is 3.10. The van der Waals surface area contributed by atoms with Crippen LogP contribution in [0.25, 0.3) is 0 Å². The molecule has 1 aliphatic carbocycles. The van der Waals surface area contributed by atoms with Crippen molar-refractivity contribution in [3.05, 3.63) is 33.9 Å². The smallest absolute Gasteiger partial charge is 0.292 e. The van der Waals surface area contributed by atoms with E-state index in [2.05, 4.69) is 0 Å². The van der Waals surface area contributed by atoms with Crippen LogP contribution in [-0.2, 0) is 4.79 Å². The first-order valence-corrected chi connectivity index (χ1v) is 7.59. The number of hydrogen-bond acceptors (Lipinski definition) is 5. The Hall–Kier alpha value is -2.64. The van der Waals surface area contributed by atoms with Crippen molar-refractivity contribution < 1.29 is 14.5 Å². The van der Waals surface area contributed by atoms with Crippen LogP contribution in [-0.4, -0.2) is 52.7 Å². The standard InChI is InChI=1S/C15H18N4O4/c16-12-4-3-11(9-13(12)19(22)23)15(21)18-7-5-17(6-8-18)14(20)10-1-2-10/h3-4,9-10H,1-2,5-8,16H2. The SMILES string of the molecule is Nc1ccc(C(=O)N2CCN(C(=O)C3CC3)CC2)cc1[N+](=O)[O-]. The van der Waals surface area contributed by atoms with Crippen LogP contribution < -0.4 is 5.73 Å². The van der Waals surface area contributed by atoms with E-state index in [0.717, 1.165) is 12.8 Å². The van der Waals surface area contributed by atoms with Crippen LogP contribution in [0.2, 0.25) is 0 Å². The van der Waals surface area contributed by atoms with Crippen LogP contribution in [0.15, 0.2) is 18.2 Å². The van der Waals surface area contributed by atoms with Crippen LogP contribution >= 0.6 is 0 Å². The molecule has 2 amide bonds. The number of anilines is 1. The summed E-state index contributed by atoms with van der Waals surface area (Å²) in [5.74, 6) is 0.0869. The summed E-state index contributed by atoms with van der Waals surface area (Å²) in [4.78, 5) is 38.2. The second kappa shape index (κ2) is 5.86. The van der Waals surface area contributed by atoms with E-state index in [9.17, 15) is 19.7 Å². The molecule has 8 nitrogen and oxygen atoms in total. The van der Waals surface area contributed by atoms with Gasteiger partial charge >= 0.3 is 0 Å². The van der Waals surface area contributed by atoms with E-state index in [0.29, 0.717) is 26.2 Å². The summed E-state index contributed by atoms with van der Waals surface area (Å²) in [6, 6.07) is 4.07. The van der Waals surface area contributed by atoms with Gasteiger partial charge in [0.2, 0.25) is 5.91 Å². The highest BCUT2D eigenvalue weighted by Crippen LogP contribution is 2.31. The molecule has 0 bridgehead atoms. The van der Waals surface area contributed by atoms with Gasteiger partial charge in [-0.1, -0.05) is 0 Å². The summed E-state index contributed by atoms with van der Waals surface area (Å²) in [7, 11) is 0. The molecule has 0 aromatic heterocycles. The molecule has 1 aromatic rings. The van der Waals surface area contributed by atoms with Crippen molar-refractivity contribution in [2.45, 2.75) is 12.8 Å². The lowest BCUT2D eigenvalue weighted by molar-refractivity contribution is -0.383. The molecule has 2 aliphatic rings. The van der Waals surface area contributed by atoms with Crippen LogP contribution in [0.5, 0.6) is 0 Å². The summed E-state index contributed by atoms with van der Waals surface area (Å²) in [5.41, 5.74) is 5.56. The number of nitro groups is 1. The summed E-state index contributed by atoms with van der Waals surface area (Å²) in [6.45, 7) is 1.90. The fourth-order valence-corrected chi connectivity index (χ4v) is 2.74.